The molecule has 1 N–H and O–H groups in total. The van der Waals surface area contributed by atoms with Gasteiger partial charge in [0.2, 0.25) is 0 Å². The monoisotopic (exact) mass is 261 g/mol. The predicted molar refractivity (Wildman–Crippen MR) is 68.6 cm³/mol. The van der Waals surface area contributed by atoms with Crippen LogP contribution in [0.1, 0.15) is 21.9 Å². The first-order chi connectivity index (χ1) is 9.11. The molecule has 0 saturated heterocycles. The fraction of sp³-hybridized carbons (Fsp3) is 0.333. The molecule has 2 heterocycles. The van der Waals surface area contributed by atoms with Crippen molar-refractivity contribution in [1.29, 1.82) is 0 Å². The van der Waals surface area contributed by atoms with Gasteiger partial charge in [-0.3, -0.25) is 0 Å². The minimum Gasteiger partial charge on any atom is -0.465 e. The fourth-order valence-corrected chi connectivity index (χ4v) is 1.62. The number of rotatable bonds is 4. The fourth-order valence-electron chi connectivity index (χ4n) is 1.62. The third-order valence-corrected chi connectivity index (χ3v) is 2.72. The summed E-state index contributed by atoms with van der Waals surface area (Å²) in [5.41, 5.74) is 1.08. The van der Waals surface area contributed by atoms with Crippen LogP contribution in [0.5, 0.6) is 0 Å². The number of methoxy groups -OCH3 is 1. The van der Waals surface area contributed by atoms with Crippen molar-refractivity contribution >= 4 is 11.8 Å². The molecule has 0 radical (unpaired) electrons. The van der Waals surface area contributed by atoms with E-state index < -0.39 is 0 Å². The lowest BCUT2D eigenvalue weighted by Crippen LogP contribution is -2.09. The van der Waals surface area contributed by atoms with Crippen LogP contribution in [0.3, 0.4) is 0 Å². The largest absolute Gasteiger partial charge is 0.465 e. The molecule has 0 unspecified atom stereocenters. The second kappa shape index (κ2) is 5.47. The van der Waals surface area contributed by atoms with E-state index in [2.05, 4.69) is 25.2 Å². The Morgan fingerprint density at radius 3 is 2.84 bits per heavy atom. The molecular formula is C12H15N5O2. The van der Waals surface area contributed by atoms with E-state index in [1.807, 2.05) is 11.6 Å². The van der Waals surface area contributed by atoms with Gasteiger partial charge in [-0.25, -0.2) is 9.78 Å². The van der Waals surface area contributed by atoms with Gasteiger partial charge < -0.3 is 14.6 Å². The highest BCUT2D eigenvalue weighted by atomic mass is 16.5. The maximum absolute atomic E-state index is 11.4. The summed E-state index contributed by atoms with van der Waals surface area (Å²) in [5.74, 6) is 1.09. The maximum atomic E-state index is 11.4. The van der Waals surface area contributed by atoms with Crippen LogP contribution in [0.15, 0.2) is 18.5 Å². The Bertz CT molecular complexity index is 594. The Kier molecular flexibility index (Phi) is 3.74. The van der Waals surface area contributed by atoms with Crippen molar-refractivity contribution in [2.24, 2.45) is 7.05 Å². The minimum atomic E-state index is -0.384. The van der Waals surface area contributed by atoms with Crippen LogP contribution in [-0.4, -0.2) is 32.8 Å². The van der Waals surface area contributed by atoms with E-state index in [4.69, 9.17) is 0 Å². The smallest absolute Gasteiger partial charge is 0.339 e. The Labute approximate surface area is 110 Å². The summed E-state index contributed by atoms with van der Waals surface area (Å²) in [6.45, 7) is 2.28. The van der Waals surface area contributed by atoms with Crippen LogP contribution in [0.25, 0.3) is 0 Å². The lowest BCUT2D eigenvalue weighted by Gasteiger charge is -2.08. The van der Waals surface area contributed by atoms with Crippen molar-refractivity contribution < 1.29 is 9.53 Å². The third kappa shape index (κ3) is 2.87. The number of carbonyl (C=O) groups excluding carboxylic acids is 1. The number of nitrogens with zero attached hydrogens (tertiary/aromatic N) is 4. The molecular weight excluding hydrogens is 246 g/mol. The van der Waals surface area contributed by atoms with E-state index in [0.29, 0.717) is 23.6 Å². The minimum absolute atomic E-state index is 0.384. The van der Waals surface area contributed by atoms with E-state index in [1.165, 1.54) is 7.11 Å². The number of nitrogens with one attached hydrogen (secondary N) is 1. The number of aryl methyl sites for hydroxylation is 2. The average Bonchev–Trinajstić information content (AvgIpc) is 2.81. The van der Waals surface area contributed by atoms with E-state index in [1.54, 1.807) is 25.4 Å². The molecule has 19 heavy (non-hydrogen) atoms. The van der Waals surface area contributed by atoms with Gasteiger partial charge in [-0.15, -0.1) is 10.2 Å². The van der Waals surface area contributed by atoms with Crippen LogP contribution in [-0.2, 0) is 18.3 Å². The highest BCUT2D eigenvalue weighted by molar-refractivity contribution is 5.90. The van der Waals surface area contributed by atoms with E-state index in [9.17, 15) is 4.79 Å². The van der Waals surface area contributed by atoms with Gasteiger partial charge in [0.1, 0.15) is 12.1 Å². The zero-order valence-corrected chi connectivity index (χ0v) is 11.0. The molecule has 2 aromatic rings. The first kappa shape index (κ1) is 13.0. The quantitative estimate of drug-likeness (QED) is 0.824. The van der Waals surface area contributed by atoms with E-state index >= 15 is 0 Å². The van der Waals surface area contributed by atoms with Gasteiger partial charge >= 0.3 is 5.97 Å². The molecule has 0 aromatic carbocycles. The van der Waals surface area contributed by atoms with Gasteiger partial charge in [0.15, 0.2) is 5.82 Å². The predicted octanol–water partition coefficient (Wildman–Crippen LogP) is 0.917. The highest BCUT2D eigenvalue weighted by Gasteiger charge is 2.10. The van der Waals surface area contributed by atoms with Gasteiger partial charge in [-0.2, -0.15) is 0 Å². The molecule has 0 aliphatic rings. The lowest BCUT2D eigenvalue weighted by atomic mass is 10.2. The normalized spacial score (nSPS) is 10.3. The summed E-state index contributed by atoms with van der Waals surface area (Å²) in [4.78, 5) is 15.7. The van der Waals surface area contributed by atoms with Gasteiger partial charge in [-0.05, 0) is 19.1 Å². The maximum Gasteiger partial charge on any atom is 0.339 e. The van der Waals surface area contributed by atoms with Crippen molar-refractivity contribution in [2.45, 2.75) is 13.5 Å². The highest BCUT2D eigenvalue weighted by Crippen LogP contribution is 2.12. The number of pyridine rings is 1. The third-order valence-electron chi connectivity index (χ3n) is 2.72. The van der Waals surface area contributed by atoms with Gasteiger partial charge in [0.25, 0.3) is 0 Å². The Morgan fingerprint density at radius 1 is 1.47 bits per heavy atom. The number of ether oxygens (including phenoxy) is 1. The van der Waals surface area contributed by atoms with Crippen molar-refractivity contribution in [3.8, 4) is 0 Å². The standard InChI is InChI=1S/C12H15N5O2/c1-8-9(12(18)19-3)4-5-10(15-8)13-6-11-16-14-7-17(11)2/h4-5,7H,6H2,1-3H3,(H,13,15). The molecule has 0 fully saturated rings. The number of carbonyl (C=O) groups is 1. The molecule has 0 aliphatic heterocycles. The van der Waals surface area contributed by atoms with Crippen molar-refractivity contribution in [3.63, 3.8) is 0 Å². The summed E-state index contributed by atoms with van der Waals surface area (Å²) in [6.07, 6.45) is 1.63. The topological polar surface area (TPSA) is 81.9 Å². The number of aromatic nitrogens is 4. The van der Waals surface area contributed by atoms with Crippen LogP contribution in [0.2, 0.25) is 0 Å². The average molecular weight is 261 g/mol. The van der Waals surface area contributed by atoms with Crippen molar-refractivity contribution in [2.75, 3.05) is 12.4 Å². The van der Waals surface area contributed by atoms with Crippen LogP contribution in [0, 0.1) is 6.92 Å². The molecule has 7 nitrogen and oxygen atoms in total. The summed E-state index contributed by atoms with van der Waals surface area (Å²) in [6, 6.07) is 3.42. The molecule has 2 rings (SSSR count). The van der Waals surface area contributed by atoms with Crippen LogP contribution < -0.4 is 5.32 Å². The first-order valence-electron chi connectivity index (χ1n) is 5.74. The second-order valence-corrected chi connectivity index (χ2v) is 4.03. The molecule has 2 aromatic heterocycles. The van der Waals surface area contributed by atoms with E-state index in [-0.39, 0.29) is 5.97 Å². The summed E-state index contributed by atoms with van der Waals surface area (Å²) >= 11 is 0. The zero-order valence-electron chi connectivity index (χ0n) is 11.0. The van der Waals surface area contributed by atoms with Gasteiger partial charge in [-0.1, -0.05) is 0 Å². The number of esters is 1. The number of anilines is 1. The van der Waals surface area contributed by atoms with Crippen molar-refractivity contribution in [3.05, 3.63) is 35.5 Å². The molecule has 0 atom stereocenters. The van der Waals surface area contributed by atoms with Crippen LogP contribution in [0.4, 0.5) is 5.82 Å². The van der Waals surface area contributed by atoms with Gasteiger partial charge in [0, 0.05) is 7.05 Å². The van der Waals surface area contributed by atoms with Gasteiger partial charge in [0.05, 0.1) is 24.9 Å². The summed E-state index contributed by atoms with van der Waals surface area (Å²) in [5, 5.41) is 10.9. The Balaban J connectivity index is 2.08. The van der Waals surface area contributed by atoms with E-state index in [0.717, 1.165) is 5.82 Å². The molecule has 0 spiro atoms. The second-order valence-electron chi connectivity index (χ2n) is 4.03. The molecule has 0 bridgehead atoms. The SMILES string of the molecule is COC(=O)c1ccc(NCc2nncn2C)nc1C. The molecule has 0 saturated carbocycles. The Morgan fingerprint density at radius 2 is 2.26 bits per heavy atom. The Hall–Kier alpha value is -2.44. The molecule has 0 aliphatic carbocycles. The summed E-state index contributed by atoms with van der Waals surface area (Å²) < 4.78 is 6.49. The molecule has 7 heteroatoms. The summed E-state index contributed by atoms with van der Waals surface area (Å²) in [7, 11) is 3.22. The number of hydrogen-bond donors (Lipinski definition) is 1. The zero-order chi connectivity index (χ0) is 13.8. The first-order valence-corrected chi connectivity index (χ1v) is 5.74. The lowest BCUT2D eigenvalue weighted by molar-refractivity contribution is 0.0599. The molecule has 100 valence electrons. The number of hydrogen-bond acceptors (Lipinski definition) is 6. The van der Waals surface area contributed by atoms with Crippen molar-refractivity contribution in [1.82, 2.24) is 19.7 Å². The molecule has 0 amide bonds. The van der Waals surface area contributed by atoms with Crippen LogP contribution >= 0.6 is 0 Å².